The van der Waals surface area contributed by atoms with Gasteiger partial charge in [0, 0.05) is 6.07 Å². The molecule has 2 atom stereocenters. The summed E-state index contributed by atoms with van der Waals surface area (Å²) in [6.07, 6.45) is 0.785. The normalized spacial score (nSPS) is 23.4. The fourth-order valence-corrected chi connectivity index (χ4v) is 1.41. The average molecular weight is 270 g/mol. The zero-order valence-corrected chi connectivity index (χ0v) is 10.5. The van der Waals surface area contributed by atoms with Gasteiger partial charge in [0.1, 0.15) is 23.7 Å². The number of rotatable bonds is 5. The van der Waals surface area contributed by atoms with Crippen LogP contribution in [0, 0.1) is 0 Å². The van der Waals surface area contributed by atoms with E-state index in [1.54, 1.807) is 0 Å². The van der Waals surface area contributed by atoms with Crippen molar-refractivity contribution in [2.75, 3.05) is 26.4 Å². The van der Waals surface area contributed by atoms with Gasteiger partial charge in [0.25, 0.3) is 0 Å². The van der Waals surface area contributed by atoms with Crippen molar-refractivity contribution in [2.45, 2.75) is 18.8 Å². The van der Waals surface area contributed by atoms with Crippen LogP contribution in [-0.2, 0) is 20.8 Å². The van der Waals surface area contributed by atoms with E-state index in [-0.39, 0.29) is 18.1 Å². The zero-order valence-electron chi connectivity index (χ0n) is 10.5. The van der Waals surface area contributed by atoms with Gasteiger partial charge >= 0.3 is 0 Å². The van der Waals surface area contributed by atoms with Crippen molar-refractivity contribution in [3.63, 3.8) is 0 Å². The largest absolute Gasteiger partial charge is 0.508 e. The lowest BCUT2D eigenvalue weighted by atomic mass is 10.2. The molecule has 6 nitrogen and oxygen atoms in total. The molecule has 0 saturated carbocycles. The van der Waals surface area contributed by atoms with Crippen LogP contribution in [0.2, 0.25) is 0 Å². The molecule has 0 aliphatic carbocycles. The highest BCUT2D eigenvalue weighted by Crippen LogP contribution is 2.19. The Bertz CT molecular complexity index is 368. The standard InChI is InChI=1S/C7H8O3.C6H10O3/c8-4-5-1-6(9)3-7(10)2-5;1(5-3-8-5)7-2-6-4-9-6/h1-3,8-10H,4H2;5-6H,1-4H2. The summed E-state index contributed by atoms with van der Waals surface area (Å²) >= 11 is 0. The molecule has 2 saturated heterocycles. The molecule has 1 aromatic rings. The second-order valence-corrected chi connectivity index (χ2v) is 4.46. The molecule has 0 aromatic heterocycles. The highest BCUT2D eigenvalue weighted by Gasteiger charge is 2.26. The second kappa shape index (κ2) is 6.72. The van der Waals surface area contributed by atoms with Gasteiger partial charge < -0.3 is 29.5 Å². The number of epoxide rings is 2. The number of benzene rings is 1. The van der Waals surface area contributed by atoms with E-state index in [4.69, 9.17) is 29.5 Å². The maximum atomic E-state index is 8.85. The van der Waals surface area contributed by atoms with Gasteiger partial charge in [-0.15, -0.1) is 0 Å². The summed E-state index contributed by atoms with van der Waals surface area (Å²) in [6.45, 7) is 3.08. The quantitative estimate of drug-likeness (QED) is 0.670. The molecule has 0 amide bonds. The van der Waals surface area contributed by atoms with Gasteiger partial charge in [-0.2, -0.15) is 0 Å². The molecule has 0 radical (unpaired) electrons. The van der Waals surface area contributed by atoms with Gasteiger partial charge in [0.2, 0.25) is 0 Å². The first-order chi connectivity index (χ1) is 9.17. The fraction of sp³-hybridized carbons (Fsp3) is 0.538. The molecule has 3 rings (SSSR count). The third-order valence-electron chi connectivity index (χ3n) is 2.56. The molecule has 0 bridgehead atoms. The third kappa shape index (κ3) is 5.89. The summed E-state index contributed by atoms with van der Waals surface area (Å²) in [4.78, 5) is 0. The van der Waals surface area contributed by atoms with Gasteiger partial charge in [-0.05, 0) is 17.7 Å². The minimum atomic E-state index is -0.179. The van der Waals surface area contributed by atoms with Crippen LogP contribution in [0.3, 0.4) is 0 Å². The molecule has 19 heavy (non-hydrogen) atoms. The Morgan fingerprint density at radius 1 is 1.00 bits per heavy atom. The summed E-state index contributed by atoms with van der Waals surface area (Å²) < 4.78 is 15.1. The van der Waals surface area contributed by atoms with Gasteiger partial charge in [-0.3, -0.25) is 0 Å². The average Bonchev–Trinajstić information content (AvgIpc) is 3.23. The Morgan fingerprint density at radius 3 is 1.84 bits per heavy atom. The number of aromatic hydroxyl groups is 2. The van der Waals surface area contributed by atoms with E-state index in [9.17, 15) is 0 Å². The zero-order chi connectivity index (χ0) is 13.7. The summed E-state index contributed by atoms with van der Waals surface area (Å²) in [7, 11) is 0. The summed E-state index contributed by atoms with van der Waals surface area (Å²) in [6, 6.07) is 3.98. The highest BCUT2D eigenvalue weighted by atomic mass is 16.6. The Hall–Kier alpha value is -1.34. The summed E-state index contributed by atoms with van der Waals surface area (Å²) in [5, 5.41) is 26.3. The van der Waals surface area contributed by atoms with Gasteiger partial charge in [-0.1, -0.05) is 0 Å². The van der Waals surface area contributed by atoms with Crippen LogP contribution in [0.25, 0.3) is 0 Å². The number of ether oxygens (including phenoxy) is 3. The van der Waals surface area contributed by atoms with Gasteiger partial charge in [0.05, 0.1) is 33.0 Å². The first kappa shape index (κ1) is 14.1. The predicted molar refractivity (Wildman–Crippen MR) is 66.0 cm³/mol. The van der Waals surface area contributed by atoms with Crippen LogP contribution < -0.4 is 0 Å². The predicted octanol–water partition coefficient (Wildman–Crippen LogP) is 0.391. The van der Waals surface area contributed by atoms with Crippen molar-refractivity contribution in [1.29, 1.82) is 0 Å². The molecular weight excluding hydrogens is 252 g/mol. The number of aliphatic hydroxyl groups is 1. The molecule has 0 spiro atoms. The van der Waals surface area contributed by atoms with E-state index < -0.39 is 0 Å². The van der Waals surface area contributed by atoms with Crippen LogP contribution in [0.15, 0.2) is 18.2 Å². The Labute approximate surface area is 111 Å². The minimum absolute atomic E-state index is 0.0379. The molecule has 2 fully saturated rings. The number of hydrogen-bond acceptors (Lipinski definition) is 6. The van der Waals surface area contributed by atoms with Gasteiger partial charge in [-0.25, -0.2) is 0 Å². The first-order valence-electron chi connectivity index (χ1n) is 6.11. The maximum absolute atomic E-state index is 8.85. The molecule has 2 aliphatic rings. The second-order valence-electron chi connectivity index (χ2n) is 4.46. The van der Waals surface area contributed by atoms with E-state index >= 15 is 0 Å². The molecular formula is C13H18O6. The van der Waals surface area contributed by atoms with E-state index in [0.29, 0.717) is 17.8 Å². The molecule has 2 heterocycles. The van der Waals surface area contributed by atoms with Crippen molar-refractivity contribution in [3.05, 3.63) is 23.8 Å². The smallest absolute Gasteiger partial charge is 0.119 e. The lowest BCUT2D eigenvalue weighted by Gasteiger charge is -1.97. The van der Waals surface area contributed by atoms with Crippen molar-refractivity contribution >= 4 is 0 Å². The van der Waals surface area contributed by atoms with Crippen LogP contribution in [0.1, 0.15) is 5.56 Å². The van der Waals surface area contributed by atoms with E-state index in [2.05, 4.69) is 0 Å². The molecule has 1 aromatic carbocycles. The number of aliphatic hydroxyl groups excluding tert-OH is 1. The molecule has 2 unspecified atom stereocenters. The highest BCUT2D eigenvalue weighted by molar-refractivity contribution is 5.36. The van der Waals surface area contributed by atoms with Crippen LogP contribution in [0.5, 0.6) is 11.5 Å². The number of phenols is 2. The molecule has 3 N–H and O–H groups in total. The Morgan fingerprint density at radius 2 is 1.47 bits per heavy atom. The molecule has 106 valence electrons. The lowest BCUT2D eigenvalue weighted by molar-refractivity contribution is 0.102. The third-order valence-corrected chi connectivity index (χ3v) is 2.56. The number of phenolic OH excluding ortho intramolecular Hbond substituents is 2. The van der Waals surface area contributed by atoms with Crippen LogP contribution in [-0.4, -0.2) is 54.0 Å². The van der Waals surface area contributed by atoms with Crippen molar-refractivity contribution in [3.8, 4) is 11.5 Å². The lowest BCUT2D eigenvalue weighted by Crippen LogP contribution is -2.06. The van der Waals surface area contributed by atoms with Crippen molar-refractivity contribution in [1.82, 2.24) is 0 Å². The topological polar surface area (TPSA) is 95.0 Å². The fourth-order valence-electron chi connectivity index (χ4n) is 1.41. The SMILES string of the molecule is C(OCC1CO1)C1CO1.OCc1cc(O)cc(O)c1. The van der Waals surface area contributed by atoms with Crippen molar-refractivity contribution < 1.29 is 29.5 Å². The number of hydrogen-bond donors (Lipinski definition) is 3. The monoisotopic (exact) mass is 270 g/mol. The van der Waals surface area contributed by atoms with Crippen molar-refractivity contribution in [2.24, 2.45) is 0 Å². The molecule has 2 aliphatic heterocycles. The van der Waals surface area contributed by atoms with E-state index in [1.807, 2.05) is 0 Å². The summed E-state index contributed by atoms with van der Waals surface area (Å²) in [5.74, 6) is -0.0758. The van der Waals surface area contributed by atoms with E-state index in [1.165, 1.54) is 18.2 Å². The van der Waals surface area contributed by atoms with E-state index in [0.717, 1.165) is 26.4 Å². The minimum Gasteiger partial charge on any atom is -0.508 e. The first-order valence-corrected chi connectivity index (χ1v) is 6.11. The Balaban J connectivity index is 0.000000141. The molecule has 6 heteroatoms. The summed E-state index contributed by atoms with van der Waals surface area (Å²) in [5.41, 5.74) is 0.498. The maximum Gasteiger partial charge on any atom is 0.119 e. The Kier molecular flexibility index (Phi) is 4.98. The van der Waals surface area contributed by atoms with Crippen LogP contribution >= 0.6 is 0 Å². The van der Waals surface area contributed by atoms with Crippen LogP contribution in [0.4, 0.5) is 0 Å². The van der Waals surface area contributed by atoms with Gasteiger partial charge in [0.15, 0.2) is 0 Å².